The number of rotatable bonds is 7. The van der Waals surface area contributed by atoms with E-state index in [1.807, 2.05) is 13.8 Å². The monoisotopic (exact) mass is 272 g/mol. The molecule has 2 amide bonds. The van der Waals surface area contributed by atoms with E-state index in [-0.39, 0.29) is 12.6 Å². The summed E-state index contributed by atoms with van der Waals surface area (Å²) in [5.41, 5.74) is 0. The van der Waals surface area contributed by atoms with Gasteiger partial charge >= 0.3 is 12.0 Å². The lowest BCUT2D eigenvalue weighted by atomic mass is 9.97. The third-order valence-corrected chi connectivity index (χ3v) is 3.19. The highest BCUT2D eigenvalue weighted by atomic mass is 16.5. The van der Waals surface area contributed by atoms with Gasteiger partial charge in [0, 0.05) is 25.6 Å². The minimum Gasteiger partial charge on any atom is -0.481 e. The Balaban J connectivity index is 2.21. The maximum atomic E-state index is 11.6. The molecule has 1 fully saturated rings. The van der Waals surface area contributed by atoms with E-state index in [2.05, 4.69) is 10.6 Å². The van der Waals surface area contributed by atoms with E-state index >= 15 is 0 Å². The molecule has 0 aromatic rings. The van der Waals surface area contributed by atoms with Gasteiger partial charge in [0.15, 0.2) is 0 Å². The van der Waals surface area contributed by atoms with Crippen molar-refractivity contribution in [1.29, 1.82) is 0 Å². The van der Waals surface area contributed by atoms with Crippen LogP contribution in [0.5, 0.6) is 0 Å². The van der Waals surface area contributed by atoms with E-state index < -0.39 is 11.9 Å². The summed E-state index contributed by atoms with van der Waals surface area (Å²) in [5, 5.41) is 14.4. The van der Waals surface area contributed by atoms with E-state index in [4.69, 9.17) is 9.84 Å². The first-order valence-corrected chi connectivity index (χ1v) is 6.81. The Morgan fingerprint density at radius 3 is 2.63 bits per heavy atom. The van der Waals surface area contributed by atoms with Gasteiger partial charge in [0.2, 0.25) is 0 Å². The zero-order valence-corrected chi connectivity index (χ0v) is 11.6. The summed E-state index contributed by atoms with van der Waals surface area (Å²) in [6, 6.07) is -0.304. The van der Waals surface area contributed by atoms with Crippen LogP contribution in [0.2, 0.25) is 0 Å². The number of nitrogens with one attached hydrogen (secondary N) is 2. The van der Waals surface area contributed by atoms with E-state index in [0.717, 1.165) is 13.0 Å². The molecule has 1 aliphatic heterocycles. The summed E-state index contributed by atoms with van der Waals surface area (Å²) in [6.07, 6.45) is 1.53. The number of urea groups is 1. The van der Waals surface area contributed by atoms with Crippen LogP contribution in [0.25, 0.3) is 0 Å². The molecule has 0 radical (unpaired) electrons. The third-order valence-electron chi connectivity index (χ3n) is 3.19. The maximum Gasteiger partial charge on any atom is 0.314 e. The zero-order chi connectivity index (χ0) is 14.3. The Hall–Kier alpha value is -1.30. The van der Waals surface area contributed by atoms with Gasteiger partial charge in [-0.25, -0.2) is 4.79 Å². The van der Waals surface area contributed by atoms with Crippen molar-refractivity contribution in [3.05, 3.63) is 0 Å². The summed E-state index contributed by atoms with van der Waals surface area (Å²) in [5.74, 6) is -0.725. The van der Waals surface area contributed by atoms with Crippen LogP contribution in [0.3, 0.4) is 0 Å². The van der Waals surface area contributed by atoms with Crippen molar-refractivity contribution in [2.24, 2.45) is 17.8 Å². The molecule has 0 spiro atoms. The summed E-state index contributed by atoms with van der Waals surface area (Å²) in [7, 11) is 0. The molecule has 19 heavy (non-hydrogen) atoms. The molecule has 1 aliphatic rings. The minimum absolute atomic E-state index is 0.167. The molecule has 110 valence electrons. The molecule has 0 aromatic heterocycles. The maximum absolute atomic E-state index is 11.6. The van der Waals surface area contributed by atoms with Gasteiger partial charge in [-0.1, -0.05) is 13.8 Å². The highest BCUT2D eigenvalue weighted by Crippen LogP contribution is 2.11. The van der Waals surface area contributed by atoms with Gasteiger partial charge in [-0.05, 0) is 18.8 Å². The molecule has 2 atom stereocenters. The van der Waals surface area contributed by atoms with Crippen molar-refractivity contribution in [2.75, 3.05) is 26.3 Å². The Morgan fingerprint density at radius 1 is 1.37 bits per heavy atom. The van der Waals surface area contributed by atoms with Crippen LogP contribution in [0.1, 0.15) is 26.7 Å². The van der Waals surface area contributed by atoms with Gasteiger partial charge in [-0.2, -0.15) is 0 Å². The molecule has 0 bridgehead atoms. The van der Waals surface area contributed by atoms with Gasteiger partial charge < -0.3 is 20.5 Å². The summed E-state index contributed by atoms with van der Waals surface area (Å²) < 4.78 is 5.21. The average Bonchev–Trinajstić information content (AvgIpc) is 2.84. The third kappa shape index (κ3) is 6.42. The van der Waals surface area contributed by atoms with Crippen LogP contribution in [-0.4, -0.2) is 43.4 Å². The Labute approximate surface area is 113 Å². The lowest BCUT2D eigenvalue weighted by Gasteiger charge is -2.16. The second-order valence-corrected chi connectivity index (χ2v) is 5.49. The molecule has 6 nitrogen and oxygen atoms in total. The quantitative estimate of drug-likeness (QED) is 0.647. The predicted octanol–water partition coefficient (Wildman–Crippen LogP) is 1.07. The zero-order valence-electron chi connectivity index (χ0n) is 11.6. The lowest BCUT2D eigenvalue weighted by molar-refractivity contribution is -0.142. The minimum atomic E-state index is -0.863. The van der Waals surface area contributed by atoms with Gasteiger partial charge in [0.25, 0.3) is 0 Å². The fourth-order valence-electron chi connectivity index (χ4n) is 2.10. The van der Waals surface area contributed by atoms with Crippen LogP contribution < -0.4 is 10.6 Å². The number of amides is 2. The van der Waals surface area contributed by atoms with Crippen molar-refractivity contribution < 1.29 is 19.4 Å². The number of ether oxygens (including phenoxy) is 1. The van der Waals surface area contributed by atoms with Crippen LogP contribution in [-0.2, 0) is 9.53 Å². The second kappa shape index (κ2) is 7.99. The number of aliphatic carboxylic acids is 1. The molecule has 2 unspecified atom stereocenters. The highest BCUT2D eigenvalue weighted by molar-refractivity contribution is 5.75. The molecular formula is C13H24N2O4. The van der Waals surface area contributed by atoms with Crippen LogP contribution in [0.4, 0.5) is 4.79 Å². The Bertz CT molecular complexity index is 301. The van der Waals surface area contributed by atoms with Crippen molar-refractivity contribution >= 4 is 12.0 Å². The van der Waals surface area contributed by atoms with E-state index in [1.54, 1.807) is 0 Å². The lowest BCUT2D eigenvalue weighted by Crippen LogP contribution is -2.42. The van der Waals surface area contributed by atoms with Gasteiger partial charge in [0.05, 0.1) is 12.5 Å². The fraction of sp³-hybridized carbons (Fsp3) is 0.846. The highest BCUT2D eigenvalue weighted by Gasteiger charge is 2.20. The SMILES string of the molecule is CC(C)CC(CNC(=O)NCC1CCOC1)C(=O)O. The van der Waals surface area contributed by atoms with Crippen LogP contribution in [0, 0.1) is 17.8 Å². The van der Waals surface area contributed by atoms with Crippen molar-refractivity contribution in [3.63, 3.8) is 0 Å². The van der Waals surface area contributed by atoms with Gasteiger partial charge in [-0.3, -0.25) is 4.79 Å². The molecule has 0 saturated carbocycles. The fourth-order valence-corrected chi connectivity index (χ4v) is 2.10. The molecule has 1 heterocycles. The first kappa shape index (κ1) is 15.8. The standard InChI is InChI=1S/C13H24N2O4/c1-9(2)5-11(12(16)17)7-15-13(18)14-6-10-3-4-19-8-10/h9-11H,3-8H2,1-2H3,(H,16,17)(H2,14,15,18). The van der Waals surface area contributed by atoms with Gasteiger partial charge in [-0.15, -0.1) is 0 Å². The van der Waals surface area contributed by atoms with Crippen molar-refractivity contribution in [3.8, 4) is 0 Å². The first-order valence-electron chi connectivity index (χ1n) is 6.81. The Morgan fingerprint density at radius 2 is 2.11 bits per heavy atom. The molecule has 6 heteroatoms. The largest absolute Gasteiger partial charge is 0.481 e. The van der Waals surface area contributed by atoms with E-state index in [0.29, 0.717) is 31.4 Å². The van der Waals surface area contributed by atoms with Crippen LogP contribution >= 0.6 is 0 Å². The smallest absolute Gasteiger partial charge is 0.314 e. The number of carbonyl (C=O) groups is 2. The van der Waals surface area contributed by atoms with E-state index in [9.17, 15) is 9.59 Å². The average molecular weight is 272 g/mol. The number of hydrogen-bond donors (Lipinski definition) is 3. The predicted molar refractivity (Wildman–Crippen MR) is 70.9 cm³/mol. The molecule has 3 N–H and O–H groups in total. The first-order chi connectivity index (χ1) is 8.99. The number of hydrogen-bond acceptors (Lipinski definition) is 3. The number of carbonyl (C=O) groups excluding carboxylic acids is 1. The topological polar surface area (TPSA) is 87.7 Å². The molecule has 0 aliphatic carbocycles. The number of carboxylic acid groups (broad SMARTS) is 1. The normalized spacial score (nSPS) is 20.3. The summed E-state index contributed by atoms with van der Waals surface area (Å²) >= 11 is 0. The van der Waals surface area contributed by atoms with Gasteiger partial charge in [0.1, 0.15) is 0 Å². The second-order valence-electron chi connectivity index (χ2n) is 5.49. The van der Waals surface area contributed by atoms with Crippen LogP contribution in [0.15, 0.2) is 0 Å². The summed E-state index contributed by atoms with van der Waals surface area (Å²) in [4.78, 5) is 22.6. The molecular weight excluding hydrogens is 248 g/mol. The van der Waals surface area contributed by atoms with Crippen molar-refractivity contribution in [1.82, 2.24) is 10.6 Å². The molecule has 1 rings (SSSR count). The number of carboxylic acids is 1. The Kier molecular flexibility index (Phi) is 6.62. The summed E-state index contributed by atoms with van der Waals surface area (Å²) in [6.45, 7) is 6.12. The van der Waals surface area contributed by atoms with E-state index in [1.165, 1.54) is 0 Å². The molecule has 1 saturated heterocycles. The van der Waals surface area contributed by atoms with Crippen molar-refractivity contribution in [2.45, 2.75) is 26.7 Å². The molecule has 0 aromatic carbocycles.